The molecule has 0 saturated carbocycles. The SMILES string of the molecule is COC1CN(C(C)C)CCC1I. The van der Waals surface area contributed by atoms with Gasteiger partial charge in [-0.3, -0.25) is 4.90 Å². The fourth-order valence-electron chi connectivity index (χ4n) is 1.60. The van der Waals surface area contributed by atoms with Crippen molar-refractivity contribution in [3.63, 3.8) is 0 Å². The van der Waals surface area contributed by atoms with Gasteiger partial charge in [0.15, 0.2) is 0 Å². The number of halogens is 1. The predicted molar refractivity (Wildman–Crippen MR) is 59.9 cm³/mol. The molecule has 2 nitrogen and oxygen atoms in total. The molecule has 2 atom stereocenters. The Morgan fingerprint density at radius 3 is 2.67 bits per heavy atom. The summed E-state index contributed by atoms with van der Waals surface area (Å²) < 4.78 is 6.13. The summed E-state index contributed by atoms with van der Waals surface area (Å²) in [5, 5.41) is 0. The van der Waals surface area contributed by atoms with E-state index in [4.69, 9.17) is 4.74 Å². The maximum absolute atomic E-state index is 5.43. The summed E-state index contributed by atoms with van der Waals surface area (Å²) in [6, 6.07) is 0.659. The quantitative estimate of drug-likeness (QED) is 0.567. The highest BCUT2D eigenvalue weighted by molar-refractivity contribution is 14.1. The molecule has 0 aromatic rings. The van der Waals surface area contributed by atoms with Gasteiger partial charge in [0.2, 0.25) is 0 Å². The molecule has 1 rings (SSSR count). The standard InChI is InChI=1S/C9H18INO/c1-7(2)11-5-4-8(10)9(6-11)12-3/h7-9H,4-6H2,1-3H3. The van der Waals surface area contributed by atoms with Crippen LogP contribution in [0, 0.1) is 0 Å². The maximum Gasteiger partial charge on any atom is 0.0816 e. The fraction of sp³-hybridized carbons (Fsp3) is 1.00. The summed E-state index contributed by atoms with van der Waals surface area (Å²) in [4.78, 5) is 2.49. The molecule has 0 N–H and O–H groups in total. The number of methoxy groups -OCH3 is 1. The van der Waals surface area contributed by atoms with Crippen molar-refractivity contribution in [1.82, 2.24) is 4.90 Å². The molecule has 1 aliphatic heterocycles. The maximum atomic E-state index is 5.43. The summed E-state index contributed by atoms with van der Waals surface area (Å²) in [5.74, 6) is 0. The largest absolute Gasteiger partial charge is 0.379 e. The Morgan fingerprint density at radius 1 is 1.50 bits per heavy atom. The molecule has 0 amide bonds. The highest BCUT2D eigenvalue weighted by Crippen LogP contribution is 2.21. The molecule has 12 heavy (non-hydrogen) atoms. The van der Waals surface area contributed by atoms with Crippen molar-refractivity contribution in [2.24, 2.45) is 0 Å². The summed E-state index contributed by atoms with van der Waals surface area (Å²) in [6.45, 7) is 6.83. The average molecular weight is 283 g/mol. The fourth-order valence-corrected chi connectivity index (χ4v) is 2.40. The molecule has 72 valence electrons. The Hall–Kier alpha value is 0.650. The molecular formula is C9H18INO. The van der Waals surface area contributed by atoms with E-state index >= 15 is 0 Å². The number of nitrogens with zero attached hydrogens (tertiary/aromatic N) is 1. The van der Waals surface area contributed by atoms with E-state index in [1.807, 2.05) is 7.11 Å². The molecule has 1 heterocycles. The van der Waals surface area contributed by atoms with Crippen LogP contribution in [0.25, 0.3) is 0 Å². The van der Waals surface area contributed by atoms with Crippen LogP contribution < -0.4 is 0 Å². The van der Waals surface area contributed by atoms with Gasteiger partial charge in [0.1, 0.15) is 0 Å². The third-order valence-electron chi connectivity index (χ3n) is 2.54. The van der Waals surface area contributed by atoms with E-state index < -0.39 is 0 Å². The summed E-state index contributed by atoms with van der Waals surface area (Å²) >= 11 is 2.50. The molecule has 3 heteroatoms. The van der Waals surface area contributed by atoms with Crippen LogP contribution in [0.3, 0.4) is 0 Å². The van der Waals surface area contributed by atoms with E-state index in [0.29, 0.717) is 16.1 Å². The first kappa shape index (κ1) is 10.7. The number of likely N-dealkylation sites (tertiary alicyclic amines) is 1. The highest BCUT2D eigenvalue weighted by atomic mass is 127. The van der Waals surface area contributed by atoms with E-state index in [0.717, 1.165) is 6.54 Å². The molecular weight excluding hydrogens is 265 g/mol. The number of ether oxygens (including phenoxy) is 1. The molecule has 2 unspecified atom stereocenters. The van der Waals surface area contributed by atoms with Gasteiger partial charge in [0, 0.05) is 23.6 Å². The van der Waals surface area contributed by atoms with Gasteiger partial charge in [-0.15, -0.1) is 0 Å². The Kier molecular flexibility index (Phi) is 4.26. The van der Waals surface area contributed by atoms with E-state index in [1.54, 1.807) is 0 Å². The van der Waals surface area contributed by atoms with E-state index in [1.165, 1.54) is 13.0 Å². The molecule has 1 saturated heterocycles. The van der Waals surface area contributed by atoms with Gasteiger partial charge in [0.25, 0.3) is 0 Å². The molecule has 0 bridgehead atoms. The number of hydrogen-bond acceptors (Lipinski definition) is 2. The Morgan fingerprint density at radius 2 is 2.17 bits per heavy atom. The second-order valence-electron chi connectivity index (χ2n) is 3.67. The average Bonchev–Trinajstić information content (AvgIpc) is 2.05. The minimum atomic E-state index is 0.432. The Labute approximate surface area is 88.8 Å². The molecule has 0 aliphatic carbocycles. The van der Waals surface area contributed by atoms with Gasteiger partial charge < -0.3 is 4.74 Å². The van der Waals surface area contributed by atoms with Crippen molar-refractivity contribution in [2.45, 2.75) is 36.3 Å². The first-order valence-electron chi connectivity index (χ1n) is 4.56. The lowest BCUT2D eigenvalue weighted by atomic mass is 10.1. The van der Waals surface area contributed by atoms with Gasteiger partial charge in [-0.2, -0.15) is 0 Å². The zero-order valence-corrected chi connectivity index (χ0v) is 10.2. The van der Waals surface area contributed by atoms with Gasteiger partial charge in [-0.05, 0) is 26.8 Å². The van der Waals surface area contributed by atoms with Crippen LogP contribution in [0.4, 0.5) is 0 Å². The topological polar surface area (TPSA) is 12.5 Å². The van der Waals surface area contributed by atoms with Gasteiger partial charge in [0.05, 0.1) is 6.10 Å². The molecule has 0 radical (unpaired) electrons. The first-order chi connectivity index (χ1) is 5.65. The first-order valence-corrected chi connectivity index (χ1v) is 5.80. The van der Waals surface area contributed by atoms with Crippen LogP contribution in [0.2, 0.25) is 0 Å². The Balaban J connectivity index is 2.44. The summed E-state index contributed by atoms with van der Waals surface area (Å²) in [7, 11) is 1.82. The van der Waals surface area contributed by atoms with Crippen molar-refractivity contribution in [3.8, 4) is 0 Å². The number of hydrogen-bond donors (Lipinski definition) is 0. The third kappa shape index (κ3) is 2.57. The smallest absolute Gasteiger partial charge is 0.0816 e. The summed E-state index contributed by atoms with van der Waals surface area (Å²) in [6.07, 6.45) is 1.69. The van der Waals surface area contributed by atoms with Crippen molar-refractivity contribution < 1.29 is 4.74 Å². The monoisotopic (exact) mass is 283 g/mol. The molecule has 1 aliphatic rings. The van der Waals surface area contributed by atoms with Crippen LogP contribution in [0.5, 0.6) is 0 Å². The number of piperidine rings is 1. The lowest BCUT2D eigenvalue weighted by Gasteiger charge is -2.37. The molecule has 0 aromatic heterocycles. The zero-order valence-electron chi connectivity index (χ0n) is 8.09. The van der Waals surface area contributed by atoms with E-state index in [-0.39, 0.29) is 0 Å². The van der Waals surface area contributed by atoms with Crippen molar-refractivity contribution in [2.75, 3.05) is 20.2 Å². The second-order valence-corrected chi connectivity index (χ2v) is 5.27. The Bertz CT molecular complexity index is 140. The van der Waals surface area contributed by atoms with Crippen LogP contribution in [-0.4, -0.2) is 41.2 Å². The van der Waals surface area contributed by atoms with Crippen LogP contribution >= 0.6 is 22.6 Å². The van der Waals surface area contributed by atoms with Gasteiger partial charge in [-0.25, -0.2) is 0 Å². The van der Waals surface area contributed by atoms with Gasteiger partial charge in [-0.1, -0.05) is 22.6 Å². The lowest BCUT2D eigenvalue weighted by molar-refractivity contribution is 0.0287. The van der Waals surface area contributed by atoms with Crippen molar-refractivity contribution >= 4 is 22.6 Å². The van der Waals surface area contributed by atoms with Gasteiger partial charge >= 0.3 is 0 Å². The van der Waals surface area contributed by atoms with Crippen LogP contribution in [0.1, 0.15) is 20.3 Å². The molecule has 1 fully saturated rings. The number of alkyl halides is 1. The predicted octanol–water partition coefficient (Wildman–Crippen LogP) is 1.92. The minimum absolute atomic E-state index is 0.432. The summed E-state index contributed by atoms with van der Waals surface area (Å²) in [5.41, 5.74) is 0. The van der Waals surface area contributed by atoms with Crippen LogP contribution in [0.15, 0.2) is 0 Å². The molecule has 0 aromatic carbocycles. The highest BCUT2D eigenvalue weighted by Gasteiger charge is 2.27. The van der Waals surface area contributed by atoms with Crippen LogP contribution in [-0.2, 0) is 4.74 Å². The van der Waals surface area contributed by atoms with Crippen molar-refractivity contribution in [3.05, 3.63) is 0 Å². The molecule has 0 spiro atoms. The third-order valence-corrected chi connectivity index (χ3v) is 3.97. The second kappa shape index (κ2) is 4.77. The van der Waals surface area contributed by atoms with Crippen molar-refractivity contribution in [1.29, 1.82) is 0 Å². The lowest BCUT2D eigenvalue weighted by Crippen LogP contribution is -2.47. The normalized spacial score (nSPS) is 32.8. The zero-order chi connectivity index (χ0) is 9.14. The van der Waals surface area contributed by atoms with E-state index in [9.17, 15) is 0 Å². The van der Waals surface area contributed by atoms with E-state index in [2.05, 4.69) is 41.3 Å². The number of rotatable bonds is 2. The minimum Gasteiger partial charge on any atom is -0.379 e.